The van der Waals surface area contributed by atoms with Crippen LogP contribution in [0.4, 0.5) is 0 Å². The number of carbonyl (C=O) groups excluding carboxylic acids is 1. The minimum absolute atomic E-state index is 0.102. The number of nitrogens with zero attached hydrogens (tertiary/aromatic N) is 1. The molecular weight excluding hydrogens is 256 g/mol. The van der Waals surface area contributed by atoms with Crippen molar-refractivity contribution in [1.82, 2.24) is 10.2 Å². The molecule has 1 fully saturated rings. The Balaban J connectivity index is 1.80. The van der Waals surface area contributed by atoms with Gasteiger partial charge in [0.2, 0.25) is 0 Å². The van der Waals surface area contributed by atoms with Gasteiger partial charge in [-0.3, -0.25) is 4.79 Å². The first-order valence-electron chi connectivity index (χ1n) is 7.33. The molecule has 0 bridgehead atoms. The van der Waals surface area contributed by atoms with Gasteiger partial charge in [-0.25, -0.2) is 0 Å². The summed E-state index contributed by atoms with van der Waals surface area (Å²) in [6.07, 6.45) is 4.38. The first kappa shape index (κ1) is 14.5. The number of hydrogen-bond donors (Lipinski definition) is 1. The molecule has 0 aliphatic carbocycles. The van der Waals surface area contributed by atoms with Gasteiger partial charge in [0, 0.05) is 29.4 Å². The second-order valence-corrected chi connectivity index (χ2v) is 6.24. The summed E-state index contributed by atoms with van der Waals surface area (Å²) in [6, 6.07) is 2.37. The summed E-state index contributed by atoms with van der Waals surface area (Å²) in [5.41, 5.74) is 0.831. The zero-order valence-electron chi connectivity index (χ0n) is 11.9. The van der Waals surface area contributed by atoms with Crippen molar-refractivity contribution >= 4 is 17.2 Å². The normalized spacial score (nSPS) is 17.6. The quantitative estimate of drug-likeness (QED) is 0.899. The lowest BCUT2D eigenvalue weighted by molar-refractivity contribution is 0.0911. The maximum atomic E-state index is 12.1. The lowest BCUT2D eigenvalue weighted by Gasteiger charge is -2.32. The summed E-state index contributed by atoms with van der Waals surface area (Å²) in [6.45, 7) is 7.75. The molecule has 1 aromatic rings. The Kier molecular flexibility index (Phi) is 5.40. The van der Waals surface area contributed by atoms with E-state index in [2.05, 4.69) is 24.1 Å². The Morgan fingerprint density at radius 1 is 1.42 bits per heavy atom. The van der Waals surface area contributed by atoms with Gasteiger partial charge in [0.15, 0.2) is 0 Å². The third kappa shape index (κ3) is 4.05. The van der Waals surface area contributed by atoms with Crippen molar-refractivity contribution in [3.8, 4) is 0 Å². The molecule has 3 nitrogen and oxygen atoms in total. The molecule has 1 saturated heterocycles. The molecule has 1 aliphatic rings. The fourth-order valence-corrected chi connectivity index (χ4v) is 3.39. The zero-order chi connectivity index (χ0) is 13.7. The number of thiophene rings is 1. The van der Waals surface area contributed by atoms with E-state index in [0.29, 0.717) is 6.04 Å². The van der Waals surface area contributed by atoms with Gasteiger partial charge in [0.1, 0.15) is 0 Å². The van der Waals surface area contributed by atoms with Crippen molar-refractivity contribution < 1.29 is 4.79 Å². The van der Waals surface area contributed by atoms with Gasteiger partial charge < -0.3 is 10.2 Å². The molecule has 1 aromatic heterocycles. The summed E-state index contributed by atoms with van der Waals surface area (Å²) < 4.78 is 0. The summed E-state index contributed by atoms with van der Waals surface area (Å²) in [5, 5.41) is 5.15. The van der Waals surface area contributed by atoms with Gasteiger partial charge in [-0.15, -0.1) is 11.3 Å². The molecule has 0 saturated carbocycles. The van der Waals surface area contributed by atoms with Gasteiger partial charge in [0.25, 0.3) is 5.91 Å². The molecule has 0 radical (unpaired) electrons. The Morgan fingerprint density at radius 2 is 2.16 bits per heavy atom. The molecule has 2 heterocycles. The van der Waals surface area contributed by atoms with Crippen molar-refractivity contribution in [1.29, 1.82) is 0 Å². The topological polar surface area (TPSA) is 32.3 Å². The van der Waals surface area contributed by atoms with E-state index in [1.54, 1.807) is 11.3 Å². The van der Waals surface area contributed by atoms with Crippen LogP contribution in [0.25, 0.3) is 0 Å². The molecule has 0 spiro atoms. The molecule has 0 atom stereocenters. The highest BCUT2D eigenvalue weighted by Crippen LogP contribution is 2.16. The van der Waals surface area contributed by atoms with E-state index in [9.17, 15) is 4.79 Å². The smallest absolute Gasteiger partial charge is 0.252 e. The Bertz CT molecular complexity index is 408. The summed E-state index contributed by atoms with van der Waals surface area (Å²) in [7, 11) is 0. The maximum absolute atomic E-state index is 12.1. The van der Waals surface area contributed by atoms with E-state index in [-0.39, 0.29) is 5.91 Å². The van der Waals surface area contributed by atoms with Gasteiger partial charge in [0.05, 0.1) is 5.56 Å². The Hall–Kier alpha value is -0.870. The molecule has 1 amide bonds. The third-order valence-corrected chi connectivity index (χ3v) is 4.81. The number of aryl methyl sites for hydroxylation is 1. The highest BCUT2D eigenvalue weighted by molar-refractivity contribution is 7.10. The van der Waals surface area contributed by atoms with E-state index in [4.69, 9.17) is 0 Å². The molecule has 2 rings (SSSR count). The molecule has 4 heteroatoms. The minimum atomic E-state index is 0.102. The number of rotatable bonds is 5. The number of hydrogen-bond acceptors (Lipinski definition) is 3. The van der Waals surface area contributed by atoms with Crippen LogP contribution in [0.3, 0.4) is 0 Å². The SMILES string of the molecule is CCCN1CCC(NC(=O)c2csc(CC)c2)CC1. The number of amides is 1. The van der Waals surface area contributed by atoms with E-state index in [1.165, 1.54) is 17.8 Å². The number of likely N-dealkylation sites (tertiary alicyclic amines) is 1. The van der Waals surface area contributed by atoms with E-state index >= 15 is 0 Å². The number of carbonyl (C=O) groups is 1. The highest BCUT2D eigenvalue weighted by atomic mass is 32.1. The number of nitrogens with one attached hydrogen (secondary N) is 1. The van der Waals surface area contributed by atoms with E-state index < -0.39 is 0 Å². The molecule has 19 heavy (non-hydrogen) atoms. The van der Waals surface area contributed by atoms with Crippen molar-refractivity contribution in [2.24, 2.45) is 0 Å². The van der Waals surface area contributed by atoms with Crippen LogP contribution in [0.1, 0.15) is 48.3 Å². The van der Waals surface area contributed by atoms with Crippen LogP contribution in [0.5, 0.6) is 0 Å². The van der Waals surface area contributed by atoms with Crippen LogP contribution >= 0.6 is 11.3 Å². The summed E-state index contributed by atoms with van der Waals surface area (Å²) in [5.74, 6) is 0.102. The van der Waals surface area contributed by atoms with Crippen LogP contribution in [-0.4, -0.2) is 36.5 Å². The minimum Gasteiger partial charge on any atom is -0.349 e. The average molecular weight is 280 g/mol. The highest BCUT2D eigenvalue weighted by Gasteiger charge is 2.20. The van der Waals surface area contributed by atoms with E-state index in [0.717, 1.165) is 37.9 Å². The maximum Gasteiger partial charge on any atom is 0.252 e. The van der Waals surface area contributed by atoms with Crippen LogP contribution < -0.4 is 5.32 Å². The third-order valence-electron chi connectivity index (χ3n) is 3.73. The second kappa shape index (κ2) is 7.06. The van der Waals surface area contributed by atoms with Crippen LogP contribution in [0.2, 0.25) is 0 Å². The van der Waals surface area contributed by atoms with Gasteiger partial charge in [-0.05, 0) is 38.3 Å². The predicted octanol–water partition coefficient (Wildman–Crippen LogP) is 2.91. The average Bonchev–Trinajstić information content (AvgIpc) is 2.90. The van der Waals surface area contributed by atoms with Crippen molar-refractivity contribution in [2.75, 3.05) is 19.6 Å². The largest absolute Gasteiger partial charge is 0.349 e. The van der Waals surface area contributed by atoms with E-state index in [1.807, 2.05) is 11.4 Å². The van der Waals surface area contributed by atoms with Gasteiger partial charge >= 0.3 is 0 Å². The predicted molar refractivity (Wildman–Crippen MR) is 80.9 cm³/mol. The first-order valence-corrected chi connectivity index (χ1v) is 8.21. The molecule has 1 N–H and O–H groups in total. The molecule has 106 valence electrons. The van der Waals surface area contributed by atoms with Crippen LogP contribution in [0.15, 0.2) is 11.4 Å². The monoisotopic (exact) mass is 280 g/mol. The second-order valence-electron chi connectivity index (χ2n) is 5.24. The summed E-state index contributed by atoms with van der Waals surface area (Å²) in [4.78, 5) is 15.9. The fraction of sp³-hybridized carbons (Fsp3) is 0.667. The lowest BCUT2D eigenvalue weighted by Crippen LogP contribution is -2.44. The fourth-order valence-electron chi connectivity index (χ4n) is 2.57. The number of piperidine rings is 1. The molecular formula is C15H24N2OS. The zero-order valence-corrected chi connectivity index (χ0v) is 12.8. The van der Waals surface area contributed by atoms with Gasteiger partial charge in [-0.2, -0.15) is 0 Å². The lowest BCUT2D eigenvalue weighted by atomic mass is 10.0. The Morgan fingerprint density at radius 3 is 2.74 bits per heavy atom. The standard InChI is InChI=1S/C15H24N2OS/c1-3-7-17-8-5-13(6-9-17)16-15(18)12-10-14(4-2)19-11-12/h10-11,13H,3-9H2,1-2H3,(H,16,18). The molecule has 0 unspecified atom stereocenters. The Labute approximate surface area is 120 Å². The summed E-state index contributed by atoms with van der Waals surface area (Å²) >= 11 is 1.68. The van der Waals surface area contributed by atoms with Crippen molar-refractivity contribution in [2.45, 2.75) is 45.6 Å². The molecule has 1 aliphatic heterocycles. The van der Waals surface area contributed by atoms with Crippen LogP contribution in [-0.2, 0) is 6.42 Å². The molecule has 0 aromatic carbocycles. The van der Waals surface area contributed by atoms with Crippen LogP contribution in [0, 0.1) is 0 Å². The van der Waals surface area contributed by atoms with Gasteiger partial charge in [-0.1, -0.05) is 13.8 Å². The van der Waals surface area contributed by atoms with Crippen molar-refractivity contribution in [3.05, 3.63) is 21.9 Å². The van der Waals surface area contributed by atoms with Crippen molar-refractivity contribution in [3.63, 3.8) is 0 Å². The first-order chi connectivity index (χ1) is 9.22.